The molecule has 5 nitrogen and oxygen atoms in total. The summed E-state index contributed by atoms with van der Waals surface area (Å²) in [5.74, 6) is 5.34. The minimum atomic E-state index is 0.320. The van der Waals surface area contributed by atoms with E-state index in [1.54, 1.807) is 0 Å². The average Bonchev–Trinajstić information content (AvgIpc) is 2.83. The van der Waals surface area contributed by atoms with E-state index in [0.29, 0.717) is 22.5 Å². The van der Waals surface area contributed by atoms with Crippen LogP contribution in [-0.2, 0) is 11.8 Å². The second kappa shape index (κ2) is 4.91. The molecule has 0 aromatic carbocycles. The van der Waals surface area contributed by atoms with Crippen molar-refractivity contribution in [3.05, 3.63) is 10.6 Å². The summed E-state index contributed by atoms with van der Waals surface area (Å²) < 4.78 is 2.62. The van der Waals surface area contributed by atoms with Gasteiger partial charge < -0.3 is 9.47 Å². The molecular weight excluding hydrogens is 308 g/mol. The number of carbonyl (C=O) groups is 1. The molecule has 4 aliphatic rings. The Balaban J connectivity index is 1.31. The lowest BCUT2D eigenvalue weighted by atomic mass is 9.95. The molecule has 23 heavy (non-hydrogen) atoms. The van der Waals surface area contributed by atoms with Crippen molar-refractivity contribution in [1.82, 2.24) is 19.7 Å². The fraction of sp³-hybridized carbons (Fsp3) is 0.824. The predicted molar refractivity (Wildman–Crippen MR) is 88.2 cm³/mol. The molecule has 1 saturated heterocycles. The molecular formula is C17H24N4OS. The summed E-state index contributed by atoms with van der Waals surface area (Å²) in [6.07, 6.45) is 6.34. The first-order valence-corrected chi connectivity index (χ1v) is 9.46. The van der Waals surface area contributed by atoms with Crippen LogP contribution in [0.2, 0.25) is 0 Å². The van der Waals surface area contributed by atoms with Gasteiger partial charge in [-0.3, -0.25) is 9.89 Å². The monoisotopic (exact) mass is 332 g/mol. The molecule has 0 radical (unpaired) electrons. The van der Waals surface area contributed by atoms with Crippen LogP contribution < -0.4 is 0 Å². The average molecular weight is 332 g/mol. The molecule has 1 aliphatic heterocycles. The molecule has 4 fully saturated rings. The van der Waals surface area contributed by atoms with Crippen LogP contribution in [0.3, 0.4) is 0 Å². The van der Waals surface area contributed by atoms with E-state index >= 15 is 0 Å². The van der Waals surface area contributed by atoms with Crippen LogP contribution in [0, 0.1) is 34.4 Å². The number of aromatic nitrogens is 3. The highest BCUT2D eigenvalue weighted by atomic mass is 32.1. The Kier molecular flexibility index (Phi) is 3.03. The standard InChI is InChI=1S/C17H24N4OS/c1-20-15(18-19-17(20)23)11-3-2-6-21(8-11)16(22)14-12-9-4-5-10(7-9)13(12)14/h9-14H,2-8H2,1H3,(H,19,23)/t9-,10-,11+,12-,13-/m0/s1. The zero-order chi connectivity index (χ0) is 15.7. The predicted octanol–water partition coefficient (Wildman–Crippen LogP) is 2.48. The van der Waals surface area contributed by atoms with Gasteiger partial charge in [0, 0.05) is 32.0 Å². The molecule has 0 unspecified atom stereocenters. The van der Waals surface area contributed by atoms with Gasteiger partial charge in [0.1, 0.15) is 5.82 Å². The number of amides is 1. The summed E-state index contributed by atoms with van der Waals surface area (Å²) in [5, 5.41) is 7.27. The van der Waals surface area contributed by atoms with Gasteiger partial charge >= 0.3 is 0 Å². The van der Waals surface area contributed by atoms with Crippen LogP contribution in [0.15, 0.2) is 0 Å². The number of aromatic amines is 1. The van der Waals surface area contributed by atoms with Crippen molar-refractivity contribution >= 4 is 18.1 Å². The van der Waals surface area contributed by atoms with Crippen molar-refractivity contribution in [3.63, 3.8) is 0 Å². The first-order valence-electron chi connectivity index (χ1n) is 9.05. The third-order valence-electron chi connectivity index (χ3n) is 7.03. The SMILES string of the molecule is Cn1c([C@@H]2CCCN(C(=O)C3[C@H]4[C@H]5CC[C@@H](C5)[C@H]34)C2)n[nH]c1=S. The molecule has 6 heteroatoms. The van der Waals surface area contributed by atoms with Crippen LogP contribution in [0.5, 0.6) is 0 Å². The van der Waals surface area contributed by atoms with Crippen LogP contribution in [0.1, 0.15) is 43.8 Å². The minimum Gasteiger partial charge on any atom is -0.342 e. The van der Waals surface area contributed by atoms with Gasteiger partial charge in [0.15, 0.2) is 4.77 Å². The van der Waals surface area contributed by atoms with Gasteiger partial charge in [0.2, 0.25) is 5.91 Å². The Labute approximate surface area is 141 Å². The van der Waals surface area contributed by atoms with Crippen molar-refractivity contribution < 1.29 is 4.79 Å². The van der Waals surface area contributed by atoms with Crippen molar-refractivity contribution in [3.8, 4) is 0 Å². The highest BCUT2D eigenvalue weighted by Gasteiger charge is 2.68. The van der Waals surface area contributed by atoms with E-state index < -0.39 is 0 Å². The fourth-order valence-electron chi connectivity index (χ4n) is 5.98. The van der Waals surface area contributed by atoms with Gasteiger partial charge in [-0.15, -0.1) is 0 Å². The minimum absolute atomic E-state index is 0.320. The molecule has 5 atom stereocenters. The van der Waals surface area contributed by atoms with Gasteiger partial charge in [0.25, 0.3) is 0 Å². The highest BCUT2D eigenvalue weighted by molar-refractivity contribution is 7.71. The van der Waals surface area contributed by atoms with Crippen molar-refractivity contribution in [2.24, 2.45) is 36.6 Å². The Morgan fingerprint density at radius 3 is 2.65 bits per heavy atom. The Hall–Kier alpha value is -1.17. The quantitative estimate of drug-likeness (QED) is 0.847. The summed E-state index contributed by atoms with van der Waals surface area (Å²) in [6, 6.07) is 0. The fourth-order valence-corrected chi connectivity index (χ4v) is 6.12. The van der Waals surface area contributed by atoms with E-state index in [4.69, 9.17) is 12.2 Å². The maximum absolute atomic E-state index is 13.0. The molecule has 2 heterocycles. The highest BCUT2D eigenvalue weighted by Crippen LogP contribution is 2.69. The normalized spacial score (nSPS) is 41.2. The second-order valence-electron chi connectivity index (χ2n) is 8.08. The largest absolute Gasteiger partial charge is 0.342 e. The first kappa shape index (κ1) is 14.2. The number of nitrogens with zero attached hydrogens (tertiary/aromatic N) is 3. The molecule has 1 aromatic heterocycles. The lowest BCUT2D eigenvalue weighted by Gasteiger charge is -2.33. The van der Waals surface area contributed by atoms with Gasteiger partial charge in [-0.2, -0.15) is 5.10 Å². The molecule has 2 bridgehead atoms. The van der Waals surface area contributed by atoms with Crippen molar-refractivity contribution in [1.29, 1.82) is 0 Å². The first-order chi connectivity index (χ1) is 11.1. The number of rotatable bonds is 2. The molecule has 1 amide bonds. The summed E-state index contributed by atoms with van der Waals surface area (Å²) in [6.45, 7) is 1.74. The van der Waals surface area contributed by atoms with Gasteiger partial charge in [-0.1, -0.05) is 0 Å². The van der Waals surface area contributed by atoms with E-state index in [-0.39, 0.29) is 0 Å². The number of likely N-dealkylation sites (tertiary alicyclic amines) is 1. The smallest absolute Gasteiger partial charge is 0.226 e. The van der Waals surface area contributed by atoms with E-state index in [1.807, 2.05) is 11.6 Å². The van der Waals surface area contributed by atoms with Gasteiger partial charge in [0.05, 0.1) is 0 Å². The van der Waals surface area contributed by atoms with Crippen LogP contribution >= 0.6 is 12.2 Å². The Bertz CT molecular complexity index is 694. The molecule has 0 spiro atoms. The summed E-state index contributed by atoms with van der Waals surface area (Å²) in [7, 11) is 1.96. The third-order valence-corrected chi connectivity index (χ3v) is 7.40. The Morgan fingerprint density at radius 1 is 1.26 bits per heavy atom. The summed E-state index contributed by atoms with van der Waals surface area (Å²) in [5.41, 5.74) is 0. The maximum atomic E-state index is 13.0. The number of hydrogen-bond donors (Lipinski definition) is 1. The second-order valence-corrected chi connectivity index (χ2v) is 8.47. The van der Waals surface area contributed by atoms with Crippen LogP contribution in [0.4, 0.5) is 0 Å². The number of H-pyrrole nitrogens is 1. The van der Waals surface area contributed by atoms with E-state index in [1.165, 1.54) is 19.3 Å². The van der Waals surface area contributed by atoms with E-state index in [9.17, 15) is 4.79 Å². The molecule has 3 aliphatic carbocycles. The van der Waals surface area contributed by atoms with Crippen LogP contribution in [0.25, 0.3) is 0 Å². The number of piperidine rings is 1. The topological polar surface area (TPSA) is 53.9 Å². The lowest BCUT2D eigenvalue weighted by Crippen LogP contribution is -2.41. The lowest BCUT2D eigenvalue weighted by molar-refractivity contribution is -0.135. The molecule has 124 valence electrons. The van der Waals surface area contributed by atoms with E-state index in [2.05, 4.69) is 15.1 Å². The molecule has 1 aromatic rings. The number of fused-ring (bicyclic) bond motifs is 5. The van der Waals surface area contributed by atoms with Crippen molar-refractivity contribution in [2.45, 2.75) is 38.0 Å². The number of carbonyl (C=O) groups excluding carboxylic acids is 1. The molecule has 5 rings (SSSR count). The van der Waals surface area contributed by atoms with E-state index in [0.717, 1.165) is 55.4 Å². The van der Waals surface area contributed by atoms with Gasteiger partial charge in [-0.05, 0) is 68.0 Å². The number of nitrogens with one attached hydrogen (secondary N) is 1. The zero-order valence-corrected chi connectivity index (χ0v) is 14.4. The van der Waals surface area contributed by atoms with Crippen LogP contribution in [-0.4, -0.2) is 38.7 Å². The maximum Gasteiger partial charge on any atom is 0.226 e. The number of hydrogen-bond acceptors (Lipinski definition) is 3. The van der Waals surface area contributed by atoms with Crippen molar-refractivity contribution in [2.75, 3.05) is 13.1 Å². The molecule has 1 N–H and O–H groups in total. The summed E-state index contributed by atoms with van der Waals surface area (Å²) in [4.78, 5) is 15.2. The molecule has 3 saturated carbocycles. The summed E-state index contributed by atoms with van der Waals surface area (Å²) >= 11 is 5.23. The third kappa shape index (κ3) is 2.00. The van der Waals surface area contributed by atoms with Gasteiger partial charge in [-0.25, -0.2) is 0 Å². The zero-order valence-electron chi connectivity index (χ0n) is 13.6. The Morgan fingerprint density at radius 2 is 2.00 bits per heavy atom.